The van der Waals surface area contributed by atoms with Gasteiger partial charge in [0.2, 0.25) is 11.8 Å². The van der Waals surface area contributed by atoms with Gasteiger partial charge in [-0.1, -0.05) is 11.8 Å². The second-order valence-electron chi connectivity index (χ2n) is 8.02. The van der Waals surface area contributed by atoms with Crippen LogP contribution in [0.25, 0.3) is 0 Å². The second kappa shape index (κ2) is 9.72. The van der Waals surface area contributed by atoms with E-state index in [0.29, 0.717) is 5.69 Å². The number of hydrogen-bond acceptors (Lipinski definition) is 6. The van der Waals surface area contributed by atoms with Gasteiger partial charge in [0.05, 0.1) is 11.4 Å². The van der Waals surface area contributed by atoms with Crippen molar-refractivity contribution in [3.05, 3.63) is 56.5 Å². The van der Waals surface area contributed by atoms with Gasteiger partial charge >= 0.3 is 5.69 Å². The van der Waals surface area contributed by atoms with E-state index in [2.05, 4.69) is 4.99 Å². The van der Waals surface area contributed by atoms with Gasteiger partial charge in [0.1, 0.15) is 16.4 Å². The molecule has 10 heteroatoms. The molecule has 32 heavy (non-hydrogen) atoms. The molecule has 0 bridgehead atoms. The average molecular weight is 463 g/mol. The second-order valence-corrected chi connectivity index (χ2v) is 8.98. The SMILES string of the molecule is C[C@H]1CCC[C@H](C)N1C(=O)CSC(=Nc1ccc(F)cc1)c1c(O)n(C)c(=O)n(C)c1=O. The van der Waals surface area contributed by atoms with Gasteiger partial charge in [-0.15, -0.1) is 0 Å². The minimum absolute atomic E-state index is 0.000142. The van der Waals surface area contributed by atoms with Gasteiger partial charge in [-0.2, -0.15) is 0 Å². The van der Waals surface area contributed by atoms with Gasteiger partial charge in [0.15, 0.2) is 0 Å². The zero-order chi connectivity index (χ0) is 23.6. The molecule has 2 aromatic rings. The fourth-order valence-electron chi connectivity index (χ4n) is 3.93. The maximum absolute atomic E-state index is 13.3. The van der Waals surface area contributed by atoms with Gasteiger partial charge in [0.25, 0.3) is 5.56 Å². The molecule has 0 unspecified atom stereocenters. The monoisotopic (exact) mass is 462 g/mol. The van der Waals surface area contributed by atoms with Crippen LogP contribution >= 0.6 is 11.8 Å². The molecule has 1 aromatic carbocycles. The molecule has 1 aliphatic rings. The molecular weight excluding hydrogens is 435 g/mol. The van der Waals surface area contributed by atoms with Gasteiger partial charge in [-0.25, -0.2) is 14.2 Å². The van der Waals surface area contributed by atoms with Crippen LogP contribution < -0.4 is 11.2 Å². The van der Waals surface area contributed by atoms with E-state index in [1.54, 1.807) is 0 Å². The van der Waals surface area contributed by atoms with Crippen molar-refractivity contribution in [2.75, 3.05) is 5.75 Å². The van der Waals surface area contributed by atoms with E-state index in [0.717, 1.165) is 40.2 Å². The third kappa shape index (κ3) is 4.79. The summed E-state index contributed by atoms with van der Waals surface area (Å²) in [6.45, 7) is 4.03. The lowest BCUT2D eigenvalue weighted by molar-refractivity contribution is -0.134. The Bertz CT molecular complexity index is 1150. The Morgan fingerprint density at radius 1 is 1.12 bits per heavy atom. The third-order valence-electron chi connectivity index (χ3n) is 5.72. The van der Waals surface area contributed by atoms with Gasteiger partial charge in [-0.05, 0) is 57.4 Å². The summed E-state index contributed by atoms with van der Waals surface area (Å²) in [7, 11) is 2.64. The van der Waals surface area contributed by atoms with Gasteiger partial charge in [-0.3, -0.25) is 18.7 Å². The number of rotatable bonds is 4. The Hall–Kier alpha value is -2.88. The summed E-state index contributed by atoms with van der Waals surface area (Å²) in [5.41, 5.74) is -1.26. The Morgan fingerprint density at radius 3 is 2.31 bits per heavy atom. The van der Waals surface area contributed by atoms with E-state index in [4.69, 9.17) is 0 Å². The summed E-state index contributed by atoms with van der Waals surface area (Å²) in [6.07, 6.45) is 2.93. The molecule has 0 saturated carbocycles. The van der Waals surface area contributed by atoms with Crippen molar-refractivity contribution < 1.29 is 14.3 Å². The van der Waals surface area contributed by atoms with E-state index in [1.807, 2.05) is 18.7 Å². The number of amides is 1. The highest BCUT2D eigenvalue weighted by atomic mass is 32.2. The molecule has 0 aliphatic carbocycles. The number of halogens is 1. The molecule has 1 aromatic heterocycles. The molecular formula is C22H27FN4O4S. The number of piperidine rings is 1. The van der Waals surface area contributed by atoms with Crippen LogP contribution in [0.4, 0.5) is 10.1 Å². The molecule has 172 valence electrons. The highest BCUT2D eigenvalue weighted by Gasteiger charge is 2.30. The summed E-state index contributed by atoms with van der Waals surface area (Å²) in [4.78, 5) is 44.3. The minimum atomic E-state index is -0.730. The molecule has 2 atom stereocenters. The van der Waals surface area contributed by atoms with Gasteiger partial charge in [0, 0.05) is 26.2 Å². The maximum Gasteiger partial charge on any atom is 0.333 e. The average Bonchev–Trinajstić information content (AvgIpc) is 2.76. The van der Waals surface area contributed by atoms with Crippen molar-refractivity contribution in [1.29, 1.82) is 0 Å². The van der Waals surface area contributed by atoms with Gasteiger partial charge < -0.3 is 10.0 Å². The molecule has 1 aliphatic heterocycles. The zero-order valence-electron chi connectivity index (χ0n) is 18.5. The van der Waals surface area contributed by atoms with Crippen LogP contribution in [0.1, 0.15) is 38.7 Å². The number of carbonyl (C=O) groups is 1. The first-order chi connectivity index (χ1) is 15.1. The normalized spacial score (nSPS) is 19.3. The first kappa shape index (κ1) is 23.8. The predicted molar refractivity (Wildman–Crippen MR) is 123 cm³/mol. The lowest BCUT2D eigenvalue weighted by atomic mass is 9.98. The number of aromatic nitrogens is 2. The van der Waals surface area contributed by atoms with Crippen LogP contribution in [0.15, 0.2) is 38.8 Å². The molecule has 1 fully saturated rings. The van der Waals surface area contributed by atoms with Crippen LogP contribution in [-0.4, -0.2) is 47.9 Å². The van der Waals surface area contributed by atoms with Crippen LogP contribution in [-0.2, 0) is 18.9 Å². The van der Waals surface area contributed by atoms with Crippen molar-refractivity contribution in [2.45, 2.75) is 45.2 Å². The largest absolute Gasteiger partial charge is 0.494 e. The Kier molecular flexibility index (Phi) is 7.22. The number of thioether (sulfide) groups is 1. The highest BCUT2D eigenvalue weighted by Crippen LogP contribution is 2.26. The number of hydrogen-bond donors (Lipinski definition) is 1. The van der Waals surface area contributed by atoms with Crippen molar-refractivity contribution in [2.24, 2.45) is 19.1 Å². The van der Waals surface area contributed by atoms with Crippen molar-refractivity contribution in [1.82, 2.24) is 14.0 Å². The Morgan fingerprint density at radius 2 is 1.72 bits per heavy atom. The first-order valence-corrected chi connectivity index (χ1v) is 11.4. The lowest BCUT2D eigenvalue weighted by Gasteiger charge is -2.39. The molecule has 1 N–H and O–H groups in total. The molecule has 1 saturated heterocycles. The van der Waals surface area contributed by atoms with E-state index >= 15 is 0 Å². The molecule has 1 amide bonds. The summed E-state index contributed by atoms with van der Waals surface area (Å²) in [5, 5.41) is 10.7. The van der Waals surface area contributed by atoms with E-state index in [1.165, 1.54) is 38.4 Å². The molecule has 0 radical (unpaired) electrons. The van der Waals surface area contributed by atoms with Crippen LogP contribution in [0, 0.1) is 5.82 Å². The highest BCUT2D eigenvalue weighted by molar-refractivity contribution is 8.15. The molecule has 3 rings (SSSR count). The first-order valence-electron chi connectivity index (χ1n) is 10.4. The fraction of sp³-hybridized carbons (Fsp3) is 0.455. The number of aromatic hydroxyl groups is 1. The number of carbonyl (C=O) groups excluding carboxylic acids is 1. The number of aliphatic imine (C=N–C) groups is 1. The van der Waals surface area contributed by atoms with E-state index in [-0.39, 0.29) is 34.4 Å². The standard InChI is InChI=1S/C22H27FN4O4S/c1-13-6-5-7-14(2)27(13)17(28)12-32-19(24-16-10-8-15(23)9-11-16)18-20(29)25(3)22(31)26(4)21(18)30/h8-11,13-14,29H,5-7,12H2,1-4H3/t13-,14-/m0/s1. The van der Waals surface area contributed by atoms with Crippen molar-refractivity contribution in [3.8, 4) is 5.88 Å². The molecule has 0 spiro atoms. The van der Waals surface area contributed by atoms with Crippen LogP contribution in [0.5, 0.6) is 5.88 Å². The van der Waals surface area contributed by atoms with E-state index < -0.39 is 22.9 Å². The topological polar surface area (TPSA) is 96.9 Å². The number of benzene rings is 1. The maximum atomic E-state index is 13.3. The Balaban J connectivity index is 2.02. The molecule has 8 nitrogen and oxygen atoms in total. The van der Waals surface area contributed by atoms with Crippen LogP contribution in [0.2, 0.25) is 0 Å². The number of nitrogens with zero attached hydrogens (tertiary/aromatic N) is 4. The fourth-order valence-corrected chi connectivity index (χ4v) is 4.83. The Labute approximate surface area is 189 Å². The van der Waals surface area contributed by atoms with Crippen molar-refractivity contribution in [3.63, 3.8) is 0 Å². The summed E-state index contributed by atoms with van der Waals surface area (Å²) in [6, 6.07) is 5.53. The van der Waals surface area contributed by atoms with E-state index in [9.17, 15) is 23.9 Å². The zero-order valence-corrected chi connectivity index (χ0v) is 19.4. The minimum Gasteiger partial charge on any atom is -0.494 e. The van der Waals surface area contributed by atoms with Crippen LogP contribution in [0.3, 0.4) is 0 Å². The number of likely N-dealkylation sites (tertiary alicyclic amines) is 1. The smallest absolute Gasteiger partial charge is 0.333 e. The summed E-state index contributed by atoms with van der Waals surface area (Å²) < 4.78 is 15.1. The molecule has 2 heterocycles. The quantitative estimate of drug-likeness (QED) is 0.556. The summed E-state index contributed by atoms with van der Waals surface area (Å²) in [5.74, 6) is -1.08. The lowest BCUT2D eigenvalue weighted by Crippen LogP contribution is -2.48. The summed E-state index contributed by atoms with van der Waals surface area (Å²) >= 11 is 1.01. The predicted octanol–water partition coefficient (Wildman–Crippen LogP) is 2.53. The third-order valence-corrected chi connectivity index (χ3v) is 6.68. The van der Waals surface area contributed by atoms with Crippen molar-refractivity contribution >= 4 is 28.4 Å².